The lowest BCUT2D eigenvalue weighted by Gasteiger charge is -2.19. The Morgan fingerprint density at radius 3 is 0.944 bits per heavy atom. The molecule has 8 aliphatic rings. The minimum atomic E-state index is -0.530. The Bertz CT molecular complexity index is 7900. The van der Waals surface area contributed by atoms with Crippen molar-refractivity contribution in [1.29, 1.82) is 0 Å². The summed E-state index contributed by atoms with van der Waals surface area (Å²) in [7, 11) is 18.4. The molecular weight excluding hydrogens is 2000 g/mol. The maximum atomic E-state index is 12.4. The summed E-state index contributed by atoms with van der Waals surface area (Å²) in [6.45, 7) is 10.2. The fourth-order valence-electron chi connectivity index (χ4n) is 15.8. The van der Waals surface area contributed by atoms with Gasteiger partial charge >= 0.3 is 46.1 Å². The largest absolute Gasteiger partial charge is 0.466 e. The molecule has 4 amide bonds. The maximum Gasteiger partial charge on any atom is 0.332 e. The van der Waals surface area contributed by atoms with Crippen LogP contribution in [0.5, 0.6) is 0 Å². The quantitative estimate of drug-likeness (QED) is 0.0478. The second kappa shape index (κ2) is 45.2. The molecule has 18 rings (SSSR count). The van der Waals surface area contributed by atoms with E-state index in [1.165, 1.54) is 149 Å². The van der Waals surface area contributed by atoms with Gasteiger partial charge in [-0.15, -0.1) is 58.8 Å². The van der Waals surface area contributed by atoms with Crippen molar-refractivity contribution in [3.05, 3.63) is 298 Å². The molecule has 6 aromatic heterocycles. The molecule has 14 heterocycles. The molecular formula is C95H100Cl2N20O20S6. The number of aryl methyl sites for hydroxylation is 1. The second-order valence-electron chi connectivity index (χ2n) is 34.3. The monoisotopic (exact) mass is 2100 g/mol. The molecule has 0 aliphatic carbocycles. The normalized spacial score (nSPS) is 14.0. The molecule has 8 aliphatic heterocycles. The third kappa shape index (κ3) is 23.2. The lowest BCUT2D eigenvalue weighted by atomic mass is 10.1. The standard InChI is InChI=1S/C19H18N4O4S.C18H16N4O4S.C16H17N3O2S.C15H13Cl2N3O2S.C14H19N3O4S.C13H17N3O4S/c1-21-15-13(16(24)22(2)19(21)27)10-14(20-15)28-9-5-8-23-17(25)11-6-3-4-7-12(11)18(23)26;1-20-14-12(15(23)21(2)18(20)26)9-13(19-14)27-8-7-22-16(24)10-5-3-4-6-11(10)17(22)25;1-10-4-6-11(7-5-10)9-22-13-8-12-14(17-13)18(2)16(21)19(3)15(12)20;1-19-13-8(14(21)20(2)15(19)22)6-12(18-13)23-7-9-10(16)4-3-5-11(9)17;1-14(2,3)21-10(18)7-22-9-6-8-11(15-9)16(4)13(20)17(5)12(8)19;1-4-20-10(17)5-6-21-9-7-8-11(14-9)15(2)13(19)16(3)12(8)18/h3-4,6-7H,5,8-10H2,1-2H3;3-6H,7-9H2,1-2H3;4-7H,8-9H2,1-3H3;3-5H,6-7H2,1-2H3;6-7H2,1-5H3;4-7H2,1-3H3. The van der Waals surface area contributed by atoms with E-state index in [4.69, 9.17) is 32.7 Å². The number of esters is 2. The molecule has 0 unspecified atom stereocenters. The second-order valence-corrected chi connectivity index (χ2v) is 41.8. The van der Waals surface area contributed by atoms with Crippen LogP contribution < -0.4 is 67.5 Å². The predicted molar refractivity (Wildman–Crippen MR) is 562 cm³/mol. The van der Waals surface area contributed by atoms with Crippen LogP contribution in [0, 0.1) is 6.92 Å². The topological polar surface area (TPSA) is 466 Å². The Balaban J connectivity index is 0.000000145. The van der Waals surface area contributed by atoms with Gasteiger partial charge < -0.3 is 9.47 Å². The molecule has 4 aromatic carbocycles. The van der Waals surface area contributed by atoms with E-state index in [-0.39, 0.29) is 98.3 Å². The summed E-state index contributed by atoms with van der Waals surface area (Å²) in [4.78, 5) is 246. The average Bonchev–Trinajstić information content (AvgIpc) is 1.66. The minimum Gasteiger partial charge on any atom is -0.466 e. The fraction of sp³-hybridized carbons (Fsp3) is 0.368. The Labute approximate surface area is 850 Å². The van der Waals surface area contributed by atoms with Crippen LogP contribution in [-0.4, -0.2) is 179 Å². The van der Waals surface area contributed by atoms with E-state index in [0.717, 1.165) is 58.9 Å². The predicted octanol–water partition coefficient (Wildman–Crippen LogP) is 7.71. The Hall–Kier alpha value is -13.1. The van der Waals surface area contributed by atoms with Gasteiger partial charge in [-0.25, -0.2) is 58.7 Å². The zero-order chi connectivity index (χ0) is 104. The molecule has 0 N–H and O–H groups in total. The molecule has 750 valence electrons. The number of hydrogen-bond donors (Lipinski definition) is 0. The van der Waals surface area contributed by atoms with Crippen LogP contribution in [0.2, 0.25) is 10.0 Å². The number of hydrogen-bond acceptors (Lipinski definition) is 32. The number of imide groups is 2. The molecule has 0 fully saturated rings. The average molecular weight is 2110 g/mol. The fourth-order valence-corrected chi connectivity index (χ4v) is 21.9. The van der Waals surface area contributed by atoms with E-state index in [1.54, 1.807) is 148 Å². The highest BCUT2D eigenvalue weighted by Gasteiger charge is 2.38. The zero-order valence-electron chi connectivity index (χ0n) is 81.0. The molecule has 0 bridgehead atoms. The molecule has 0 saturated carbocycles. The van der Waals surface area contributed by atoms with Crippen LogP contribution in [0.25, 0.3) is 0 Å². The SMILES string of the molecule is CCOC(=O)CCSC1=Nc2c(c(=O)n(C)c(=O)n2C)C1.Cc1ccc(CSC2=Nc3c(c(=O)n(C)c(=O)n3C)C2)cc1.Cn1c2c(c(=O)n(C)c1=O)CC(SCC(=O)OC(C)(C)C)=N2.Cn1c2c(c(=O)n(C)c1=O)CC(SCCCN1C(=O)c3ccccc3C1=O)=N2.Cn1c2c(c(=O)n(C)c1=O)CC(SCCN1C(=O)c3ccccc3C1=O)=N2.Cn1c2c(c(=O)n(C)c1=O)CC(SCc1c(Cl)cccc1Cl)=N2. The van der Waals surface area contributed by atoms with E-state index in [9.17, 15) is 86.3 Å². The van der Waals surface area contributed by atoms with Crippen molar-refractivity contribution >= 4 is 195 Å². The van der Waals surface area contributed by atoms with E-state index in [0.29, 0.717) is 198 Å². The number of carbonyl (C=O) groups excluding carboxylic acids is 6. The van der Waals surface area contributed by atoms with Gasteiger partial charge in [0.05, 0.1) is 105 Å². The first kappa shape index (κ1) is 107. The van der Waals surface area contributed by atoms with Gasteiger partial charge in [0.1, 0.15) is 40.5 Å². The molecule has 10 aromatic rings. The summed E-state index contributed by atoms with van der Waals surface area (Å²) in [5.41, 5.74) is 3.52. The number of aromatic nitrogens is 12. The minimum absolute atomic E-state index is 0.123. The van der Waals surface area contributed by atoms with Crippen LogP contribution in [0.15, 0.2) is 178 Å². The summed E-state index contributed by atoms with van der Waals surface area (Å²) in [6, 6.07) is 27.3. The smallest absolute Gasteiger partial charge is 0.332 e. The summed E-state index contributed by atoms with van der Waals surface area (Å²) >= 11 is 20.9. The summed E-state index contributed by atoms with van der Waals surface area (Å²) in [5.74, 6) is 3.99. The number of nitrogens with zero attached hydrogens (tertiary/aromatic N) is 20. The van der Waals surface area contributed by atoms with E-state index < -0.39 is 22.7 Å². The zero-order valence-corrected chi connectivity index (χ0v) is 87.4. The number of ether oxygens (including phenoxy) is 2. The van der Waals surface area contributed by atoms with Crippen LogP contribution in [-0.2, 0) is 154 Å². The summed E-state index contributed by atoms with van der Waals surface area (Å²) in [5, 5.41) is 5.69. The Kier molecular flexibility index (Phi) is 33.9. The van der Waals surface area contributed by atoms with Crippen LogP contribution in [0.1, 0.15) is 132 Å². The van der Waals surface area contributed by atoms with Gasteiger partial charge in [-0.05, 0) is 88.6 Å². The van der Waals surface area contributed by atoms with Gasteiger partial charge in [-0.3, -0.25) is 122 Å². The van der Waals surface area contributed by atoms with Crippen molar-refractivity contribution < 1.29 is 38.2 Å². The van der Waals surface area contributed by atoms with Gasteiger partial charge in [0.2, 0.25) is 0 Å². The number of halogens is 2. The van der Waals surface area contributed by atoms with Crippen LogP contribution in [0.3, 0.4) is 0 Å². The number of amides is 4. The number of benzene rings is 4. The van der Waals surface area contributed by atoms with Gasteiger partial charge in [0, 0.05) is 175 Å². The maximum absolute atomic E-state index is 12.4. The first-order valence-corrected chi connectivity index (χ1v) is 51.1. The Morgan fingerprint density at radius 1 is 0.343 bits per heavy atom. The molecule has 48 heteroatoms. The third-order valence-corrected chi connectivity index (χ3v) is 30.2. The highest BCUT2D eigenvalue weighted by atomic mass is 35.5. The van der Waals surface area contributed by atoms with Gasteiger partial charge in [0.15, 0.2) is 0 Å². The molecule has 0 atom stereocenters. The van der Waals surface area contributed by atoms with Crippen LogP contribution >= 0.6 is 93.8 Å². The van der Waals surface area contributed by atoms with Crippen molar-refractivity contribution in [1.82, 2.24) is 64.6 Å². The van der Waals surface area contributed by atoms with Crippen molar-refractivity contribution in [2.24, 2.45) is 115 Å². The number of rotatable bonds is 17. The van der Waals surface area contributed by atoms with E-state index >= 15 is 0 Å². The van der Waals surface area contributed by atoms with Gasteiger partial charge in [0.25, 0.3) is 57.0 Å². The van der Waals surface area contributed by atoms with Crippen LogP contribution in [0.4, 0.5) is 34.9 Å². The summed E-state index contributed by atoms with van der Waals surface area (Å²) < 4.78 is 24.9. The van der Waals surface area contributed by atoms with E-state index in [2.05, 4.69) is 61.1 Å². The van der Waals surface area contributed by atoms with Crippen molar-refractivity contribution in [2.45, 2.75) is 103 Å². The highest BCUT2D eigenvalue weighted by molar-refractivity contribution is 8.15. The first-order chi connectivity index (χ1) is 67.7. The number of aliphatic imine (C=N–C) groups is 6. The number of fused-ring (bicyclic) bond motifs is 8. The first-order valence-electron chi connectivity index (χ1n) is 44.4. The van der Waals surface area contributed by atoms with Gasteiger partial charge in [-0.2, -0.15) is 0 Å². The van der Waals surface area contributed by atoms with E-state index in [1.807, 2.05) is 0 Å². The van der Waals surface area contributed by atoms with Crippen molar-refractivity contribution in [3.8, 4) is 0 Å². The molecule has 40 nitrogen and oxygen atoms in total. The molecule has 143 heavy (non-hydrogen) atoms. The lowest BCUT2D eigenvalue weighted by molar-refractivity contribution is -0.151. The molecule has 0 saturated heterocycles. The number of thioether (sulfide) groups is 6. The Morgan fingerprint density at radius 2 is 0.629 bits per heavy atom. The van der Waals surface area contributed by atoms with Crippen molar-refractivity contribution in [2.75, 3.05) is 42.7 Å². The van der Waals surface area contributed by atoms with Crippen molar-refractivity contribution in [3.63, 3.8) is 0 Å². The molecule has 0 spiro atoms. The van der Waals surface area contributed by atoms with Gasteiger partial charge in [-0.1, -0.05) is 95.1 Å². The third-order valence-electron chi connectivity index (χ3n) is 23.5. The molecule has 0 radical (unpaired) electrons. The summed E-state index contributed by atoms with van der Waals surface area (Å²) in [6.07, 6.45) is 3.33. The lowest BCUT2D eigenvalue weighted by Crippen LogP contribution is -2.38. The highest BCUT2D eigenvalue weighted by Crippen LogP contribution is 2.37. The number of carbonyl (C=O) groups is 6.